The van der Waals surface area contributed by atoms with Crippen molar-refractivity contribution < 1.29 is 9.50 Å². The van der Waals surface area contributed by atoms with E-state index >= 15 is 0 Å². The van der Waals surface area contributed by atoms with E-state index in [1.807, 2.05) is 25.1 Å². The SMILES string of the molecule is CCn1c(C)cc(O)c([C@@H](c2ccccc2F)N2CCN(c3ccccc3)CC2)c1=O. The Bertz CT molecular complexity index is 1110. The van der Waals surface area contributed by atoms with Gasteiger partial charge in [-0.15, -0.1) is 0 Å². The summed E-state index contributed by atoms with van der Waals surface area (Å²) in [6.07, 6.45) is 0. The molecule has 1 atom stereocenters. The van der Waals surface area contributed by atoms with Crippen LogP contribution < -0.4 is 10.5 Å². The molecule has 1 fully saturated rings. The van der Waals surface area contributed by atoms with E-state index < -0.39 is 6.04 Å². The van der Waals surface area contributed by atoms with Gasteiger partial charge in [-0.2, -0.15) is 0 Å². The van der Waals surface area contributed by atoms with Crippen LogP contribution in [0.15, 0.2) is 65.5 Å². The van der Waals surface area contributed by atoms with Crippen LogP contribution in [0.3, 0.4) is 0 Å². The summed E-state index contributed by atoms with van der Waals surface area (Å²) in [5.74, 6) is -0.452. The molecule has 0 spiro atoms. The standard InChI is InChI=1S/C25H28FN3O2/c1-3-29-18(2)17-22(30)23(25(29)31)24(20-11-7-8-12-21(20)26)28-15-13-27(14-16-28)19-9-5-4-6-10-19/h4-12,17,24,30H,3,13-16H2,1-2H3/t24-/m1/s1. The molecule has 0 unspecified atom stereocenters. The minimum atomic E-state index is -0.648. The summed E-state index contributed by atoms with van der Waals surface area (Å²) in [4.78, 5) is 17.7. The van der Waals surface area contributed by atoms with Crippen LogP contribution in [-0.2, 0) is 6.54 Å². The van der Waals surface area contributed by atoms with E-state index in [2.05, 4.69) is 21.9 Å². The molecular weight excluding hydrogens is 393 g/mol. The van der Waals surface area contributed by atoms with Crippen molar-refractivity contribution in [3.8, 4) is 5.75 Å². The van der Waals surface area contributed by atoms with Gasteiger partial charge in [0.25, 0.3) is 5.56 Å². The molecule has 1 aliphatic heterocycles. The van der Waals surface area contributed by atoms with Crippen LogP contribution in [0.5, 0.6) is 5.75 Å². The highest BCUT2D eigenvalue weighted by atomic mass is 19.1. The van der Waals surface area contributed by atoms with Gasteiger partial charge in [0.05, 0.1) is 11.6 Å². The fourth-order valence-corrected chi connectivity index (χ4v) is 4.53. The van der Waals surface area contributed by atoms with Gasteiger partial charge < -0.3 is 14.6 Å². The molecule has 31 heavy (non-hydrogen) atoms. The molecule has 5 nitrogen and oxygen atoms in total. The van der Waals surface area contributed by atoms with Gasteiger partial charge >= 0.3 is 0 Å². The molecule has 3 aromatic rings. The first-order valence-electron chi connectivity index (χ1n) is 10.7. The van der Waals surface area contributed by atoms with Crippen LogP contribution in [0, 0.1) is 12.7 Å². The summed E-state index contributed by atoms with van der Waals surface area (Å²) in [5.41, 5.74) is 2.23. The number of piperazine rings is 1. The smallest absolute Gasteiger partial charge is 0.259 e. The maximum absolute atomic E-state index is 14.9. The molecule has 0 amide bonds. The van der Waals surface area contributed by atoms with E-state index in [1.54, 1.807) is 35.8 Å². The first-order chi connectivity index (χ1) is 15.0. The monoisotopic (exact) mass is 421 g/mol. The second kappa shape index (κ2) is 8.94. The van der Waals surface area contributed by atoms with Crippen molar-refractivity contribution in [1.29, 1.82) is 0 Å². The summed E-state index contributed by atoms with van der Waals surface area (Å²) in [7, 11) is 0. The summed E-state index contributed by atoms with van der Waals surface area (Å²) < 4.78 is 16.5. The third-order valence-electron chi connectivity index (χ3n) is 6.11. The Hall–Kier alpha value is -3.12. The van der Waals surface area contributed by atoms with Crippen LogP contribution >= 0.6 is 0 Å². The van der Waals surface area contributed by atoms with E-state index in [1.165, 1.54) is 6.07 Å². The number of aromatic nitrogens is 1. The summed E-state index contributed by atoms with van der Waals surface area (Å²) in [6, 6.07) is 17.7. The van der Waals surface area contributed by atoms with Crippen molar-refractivity contribution >= 4 is 5.69 Å². The number of anilines is 1. The Morgan fingerprint density at radius 3 is 2.29 bits per heavy atom. The summed E-state index contributed by atoms with van der Waals surface area (Å²) in [6.45, 7) is 6.98. The molecule has 0 radical (unpaired) electrons. The van der Waals surface area contributed by atoms with E-state index in [0.29, 0.717) is 30.9 Å². The van der Waals surface area contributed by atoms with E-state index in [-0.39, 0.29) is 22.7 Å². The zero-order valence-electron chi connectivity index (χ0n) is 18.0. The lowest BCUT2D eigenvalue weighted by Crippen LogP contribution is -2.49. The lowest BCUT2D eigenvalue weighted by atomic mass is 9.95. The quantitative estimate of drug-likeness (QED) is 0.678. The summed E-state index contributed by atoms with van der Waals surface area (Å²) >= 11 is 0. The number of aromatic hydroxyl groups is 1. The number of rotatable bonds is 5. The molecule has 0 saturated carbocycles. The zero-order chi connectivity index (χ0) is 22.0. The number of hydrogen-bond acceptors (Lipinski definition) is 4. The minimum absolute atomic E-state index is 0.0778. The number of para-hydroxylation sites is 1. The Kier molecular flexibility index (Phi) is 6.09. The number of halogens is 1. The minimum Gasteiger partial charge on any atom is -0.507 e. The van der Waals surface area contributed by atoms with Crippen LogP contribution in [0.4, 0.5) is 10.1 Å². The van der Waals surface area contributed by atoms with Gasteiger partial charge in [0, 0.05) is 49.7 Å². The molecule has 1 N–H and O–H groups in total. The number of hydrogen-bond donors (Lipinski definition) is 1. The number of pyridine rings is 1. The molecular formula is C25H28FN3O2. The van der Waals surface area contributed by atoms with Gasteiger partial charge in [0.15, 0.2) is 0 Å². The van der Waals surface area contributed by atoms with Crippen LogP contribution in [0.2, 0.25) is 0 Å². The second-order valence-corrected chi connectivity index (χ2v) is 7.92. The predicted molar refractivity (Wildman–Crippen MR) is 121 cm³/mol. The Morgan fingerprint density at radius 2 is 1.65 bits per heavy atom. The topological polar surface area (TPSA) is 48.7 Å². The largest absolute Gasteiger partial charge is 0.507 e. The Labute approximate surface area is 182 Å². The molecule has 162 valence electrons. The average molecular weight is 422 g/mol. The van der Waals surface area contributed by atoms with Crippen molar-refractivity contribution in [3.05, 3.63) is 93.7 Å². The van der Waals surface area contributed by atoms with Crippen molar-refractivity contribution in [1.82, 2.24) is 9.47 Å². The van der Waals surface area contributed by atoms with Crippen molar-refractivity contribution in [2.45, 2.75) is 26.4 Å². The molecule has 1 saturated heterocycles. The highest BCUT2D eigenvalue weighted by Crippen LogP contribution is 2.35. The van der Waals surface area contributed by atoms with E-state index in [9.17, 15) is 14.3 Å². The fourth-order valence-electron chi connectivity index (χ4n) is 4.53. The van der Waals surface area contributed by atoms with Gasteiger partial charge in [0.2, 0.25) is 0 Å². The first-order valence-corrected chi connectivity index (χ1v) is 10.7. The maximum atomic E-state index is 14.9. The van der Waals surface area contributed by atoms with Crippen LogP contribution in [0.1, 0.15) is 29.8 Å². The van der Waals surface area contributed by atoms with E-state index in [0.717, 1.165) is 18.8 Å². The summed E-state index contributed by atoms with van der Waals surface area (Å²) in [5, 5.41) is 10.8. The van der Waals surface area contributed by atoms with Crippen LogP contribution in [-0.4, -0.2) is 40.8 Å². The van der Waals surface area contributed by atoms with Gasteiger partial charge in [-0.05, 0) is 38.1 Å². The number of benzene rings is 2. The average Bonchev–Trinajstić information content (AvgIpc) is 2.78. The first kappa shape index (κ1) is 21.1. The molecule has 6 heteroatoms. The second-order valence-electron chi connectivity index (χ2n) is 7.92. The zero-order valence-corrected chi connectivity index (χ0v) is 18.0. The third-order valence-corrected chi connectivity index (χ3v) is 6.11. The van der Waals surface area contributed by atoms with Crippen molar-refractivity contribution in [2.24, 2.45) is 0 Å². The normalized spacial score (nSPS) is 15.8. The molecule has 4 rings (SSSR count). The Balaban J connectivity index is 1.75. The fraction of sp³-hybridized carbons (Fsp3) is 0.320. The lowest BCUT2D eigenvalue weighted by molar-refractivity contribution is 0.204. The maximum Gasteiger partial charge on any atom is 0.259 e. The van der Waals surface area contributed by atoms with Gasteiger partial charge in [-0.1, -0.05) is 36.4 Å². The highest BCUT2D eigenvalue weighted by Gasteiger charge is 2.32. The predicted octanol–water partition coefficient (Wildman–Crippen LogP) is 3.93. The molecule has 1 aliphatic rings. The van der Waals surface area contributed by atoms with Crippen molar-refractivity contribution in [2.75, 3.05) is 31.1 Å². The van der Waals surface area contributed by atoms with Gasteiger partial charge in [-0.25, -0.2) is 4.39 Å². The number of aryl methyl sites for hydroxylation is 1. The van der Waals surface area contributed by atoms with Gasteiger partial charge in [0.1, 0.15) is 11.6 Å². The van der Waals surface area contributed by atoms with Crippen molar-refractivity contribution in [3.63, 3.8) is 0 Å². The molecule has 2 heterocycles. The third kappa shape index (κ3) is 4.08. The molecule has 0 aliphatic carbocycles. The number of nitrogens with zero attached hydrogens (tertiary/aromatic N) is 3. The highest BCUT2D eigenvalue weighted by molar-refractivity contribution is 5.47. The Morgan fingerprint density at radius 1 is 1.00 bits per heavy atom. The molecule has 2 aromatic carbocycles. The van der Waals surface area contributed by atoms with Gasteiger partial charge in [-0.3, -0.25) is 9.69 Å². The van der Waals surface area contributed by atoms with Crippen LogP contribution in [0.25, 0.3) is 0 Å². The lowest BCUT2D eigenvalue weighted by Gasteiger charge is -2.40. The molecule has 1 aromatic heterocycles. The molecule has 0 bridgehead atoms. The van der Waals surface area contributed by atoms with E-state index in [4.69, 9.17) is 0 Å².